The number of ketones is 1. The normalized spacial score (nSPS) is 20.2. The molecule has 152 valence electrons. The van der Waals surface area contributed by atoms with Gasteiger partial charge in [0.15, 0.2) is 15.6 Å². The molecular formula is C20H26N2O4S2. The summed E-state index contributed by atoms with van der Waals surface area (Å²) >= 11 is 1.23. The fraction of sp³-hybridized carbons (Fsp3) is 0.550. The molecule has 8 heteroatoms. The Morgan fingerprint density at radius 2 is 1.93 bits per heavy atom. The maximum atomic E-state index is 12.7. The van der Waals surface area contributed by atoms with Crippen LogP contribution in [-0.2, 0) is 21.7 Å². The third-order valence-electron chi connectivity index (χ3n) is 4.92. The van der Waals surface area contributed by atoms with E-state index < -0.39 is 9.84 Å². The molecule has 2 heterocycles. The average Bonchev–Trinajstić information content (AvgIpc) is 3.19. The van der Waals surface area contributed by atoms with Gasteiger partial charge in [0.2, 0.25) is 5.89 Å². The van der Waals surface area contributed by atoms with Crippen molar-refractivity contribution in [3.05, 3.63) is 41.3 Å². The summed E-state index contributed by atoms with van der Waals surface area (Å²) in [4.78, 5) is 12.7. The maximum Gasteiger partial charge on any atom is 0.277 e. The lowest BCUT2D eigenvalue weighted by Gasteiger charge is -2.19. The largest absolute Gasteiger partial charge is 0.416 e. The smallest absolute Gasteiger partial charge is 0.277 e. The van der Waals surface area contributed by atoms with E-state index in [1.807, 2.05) is 31.2 Å². The van der Waals surface area contributed by atoms with Crippen molar-refractivity contribution in [1.29, 1.82) is 0 Å². The van der Waals surface area contributed by atoms with E-state index in [-0.39, 0.29) is 33.9 Å². The van der Waals surface area contributed by atoms with Crippen LogP contribution in [0.2, 0.25) is 0 Å². The van der Waals surface area contributed by atoms with Gasteiger partial charge < -0.3 is 4.42 Å². The van der Waals surface area contributed by atoms with Crippen LogP contribution in [0.15, 0.2) is 33.9 Å². The topological polar surface area (TPSA) is 90.1 Å². The molecule has 28 heavy (non-hydrogen) atoms. The fourth-order valence-corrected chi connectivity index (χ4v) is 5.86. The number of hydrogen-bond acceptors (Lipinski definition) is 7. The molecule has 0 bridgehead atoms. The van der Waals surface area contributed by atoms with Crippen molar-refractivity contribution in [1.82, 2.24) is 10.2 Å². The van der Waals surface area contributed by atoms with Crippen LogP contribution in [-0.4, -0.2) is 41.2 Å². The zero-order valence-electron chi connectivity index (χ0n) is 16.6. The van der Waals surface area contributed by atoms with Crippen LogP contribution in [0.25, 0.3) is 0 Å². The van der Waals surface area contributed by atoms with Crippen LogP contribution in [0, 0.1) is 5.92 Å². The number of Topliss-reactive ketones (excluding diaryl/α,β-unsaturated/α-hetero) is 1. The van der Waals surface area contributed by atoms with Gasteiger partial charge in [0, 0.05) is 12.0 Å². The van der Waals surface area contributed by atoms with Crippen LogP contribution >= 0.6 is 11.8 Å². The summed E-state index contributed by atoms with van der Waals surface area (Å²) in [6.45, 7) is 8.22. The second-order valence-electron chi connectivity index (χ2n) is 8.39. The van der Waals surface area contributed by atoms with E-state index in [9.17, 15) is 13.2 Å². The lowest BCUT2D eigenvalue weighted by Crippen LogP contribution is -2.15. The molecule has 0 unspecified atom stereocenters. The quantitative estimate of drug-likeness (QED) is 0.518. The molecule has 0 radical (unpaired) electrons. The number of nitrogens with zero attached hydrogens (tertiary/aromatic N) is 2. The van der Waals surface area contributed by atoms with Gasteiger partial charge >= 0.3 is 0 Å². The van der Waals surface area contributed by atoms with Crippen molar-refractivity contribution in [3.8, 4) is 0 Å². The van der Waals surface area contributed by atoms with E-state index in [1.54, 1.807) is 0 Å². The van der Waals surface area contributed by atoms with E-state index in [1.165, 1.54) is 17.3 Å². The van der Waals surface area contributed by atoms with E-state index in [0.29, 0.717) is 29.5 Å². The molecule has 0 spiro atoms. The lowest BCUT2D eigenvalue weighted by molar-refractivity contribution is 0.0993. The Kier molecular flexibility index (Phi) is 6.00. The van der Waals surface area contributed by atoms with Gasteiger partial charge in [-0.2, -0.15) is 0 Å². The second kappa shape index (κ2) is 7.99. The molecule has 1 fully saturated rings. The number of sulfone groups is 1. The highest BCUT2D eigenvalue weighted by Gasteiger charge is 2.29. The molecule has 0 N–H and O–H groups in total. The third-order valence-corrected chi connectivity index (χ3v) is 7.69. The van der Waals surface area contributed by atoms with E-state index in [2.05, 4.69) is 31.0 Å². The van der Waals surface area contributed by atoms with Crippen molar-refractivity contribution in [2.75, 3.05) is 11.5 Å². The van der Waals surface area contributed by atoms with Crippen molar-refractivity contribution in [2.24, 2.45) is 5.92 Å². The molecule has 2 aromatic rings. The van der Waals surface area contributed by atoms with Gasteiger partial charge in [-0.25, -0.2) is 8.42 Å². The second-order valence-corrected chi connectivity index (χ2v) is 11.9. The first-order valence-electron chi connectivity index (χ1n) is 9.38. The molecular weight excluding hydrogens is 396 g/mol. The number of carbonyl (C=O) groups excluding carboxylic acids is 1. The van der Waals surface area contributed by atoms with Crippen molar-refractivity contribution < 1.29 is 17.6 Å². The van der Waals surface area contributed by atoms with Gasteiger partial charge in [0.05, 0.1) is 16.8 Å². The lowest BCUT2D eigenvalue weighted by atomic mass is 9.86. The van der Waals surface area contributed by atoms with Crippen molar-refractivity contribution >= 4 is 27.4 Å². The molecule has 1 saturated heterocycles. The van der Waals surface area contributed by atoms with E-state index in [0.717, 1.165) is 0 Å². The molecule has 1 aliphatic heterocycles. The number of benzene rings is 1. The fourth-order valence-electron chi connectivity index (χ4n) is 3.22. The minimum absolute atomic E-state index is 0.00657. The van der Waals surface area contributed by atoms with Gasteiger partial charge in [-0.05, 0) is 30.2 Å². The van der Waals surface area contributed by atoms with Crippen LogP contribution in [0.5, 0.6) is 0 Å². The Morgan fingerprint density at radius 3 is 2.50 bits per heavy atom. The van der Waals surface area contributed by atoms with Gasteiger partial charge in [-0.1, -0.05) is 56.8 Å². The van der Waals surface area contributed by atoms with Crippen LogP contribution < -0.4 is 0 Å². The standard InChI is InChI=1S/C20H26N2O4S2/c1-13(18(23)15-5-7-16(8-6-15)20(2,3)4)27-19-22-21-17(26-19)11-14-9-10-28(24,25)12-14/h5-8,13-14H,9-12H2,1-4H3/t13-,14-/m0/s1. The van der Waals surface area contributed by atoms with E-state index in [4.69, 9.17) is 4.42 Å². The maximum absolute atomic E-state index is 12.7. The molecule has 1 aromatic carbocycles. The summed E-state index contributed by atoms with van der Waals surface area (Å²) in [6.07, 6.45) is 1.09. The third kappa shape index (κ3) is 5.23. The van der Waals surface area contributed by atoms with Gasteiger partial charge in [-0.15, -0.1) is 10.2 Å². The van der Waals surface area contributed by atoms with Gasteiger partial charge in [0.1, 0.15) is 0 Å². The minimum atomic E-state index is -2.92. The summed E-state index contributed by atoms with van der Waals surface area (Å²) in [5, 5.41) is 7.98. The predicted molar refractivity (Wildman–Crippen MR) is 110 cm³/mol. The molecule has 3 rings (SSSR count). The Bertz CT molecular complexity index is 943. The monoisotopic (exact) mass is 422 g/mol. The molecule has 1 aromatic heterocycles. The molecule has 6 nitrogen and oxygen atoms in total. The summed E-state index contributed by atoms with van der Waals surface area (Å²) in [5.74, 6) is 0.874. The highest BCUT2D eigenvalue weighted by Crippen LogP contribution is 2.28. The Hall–Kier alpha value is -1.67. The summed E-state index contributed by atoms with van der Waals surface area (Å²) in [5.41, 5.74) is 1.88. The molecule has 2 atom stereocenters. The number of carbonyl (C=O) groups is 1. The number of hydrogen-bond donors (Lipinski definition) is 0. The Labute approximate surface area is 170 Å². The zero-order chi connectivity index (χ0) is 20.5. The number of aromatic nitrogens is 2. The van der Waals surface area contributed by atoms with Crippen LogP contribution in [0.4, 0.5) is 0 Å². The summed E-state index contributed by atoms with van der Waals surface area (Å²) in [7, 11) is -2.92. The summed E-state index contributed by atoms with van der Waals surface area (Å²) in [6, 6.07) is 7.70. The summed E-state index contributed by atoms with van der Waals surface area (Å²) < 4.78 is 28.7. The van der Waals surface area contributed by atoms with Crippen LogP contribution in [0.1, 0.15) is 55.9 Å². The SMILES string of the molecule is C[C@H](Sc1nnc(C[C@@H]2CCS(=O)(=O)C2)o1)C(=O)c1ccc(C(C)(C)C)cc1. The molecule has 1 aliphatic rings. The predicted octanol–water partition coefficient (Wildman–Crippen LogP) is 3.71. The molecule has 0 aliphatic carbocycles. The van der Waals surface area contributed by atoms with Crippen molar-refractivity contribution in [3.63, 3.8) is 0 Å². The first-order valence-corrected chi connectivity index (χ1v) is 12.1. The molecule has 0 saturated carbocycles. The van der Waals surface area contributed by atoms with Gasteiger partial charge in [0.25, 0.3) is 5.22 Å². The first-order chi connectivity index (χ1) is 13.0. The average molecular weight is 423 g/mol. The number of rotatable bonds is 6. The first kappa shape index (κ1) is 21.0. The highest BCUT2D eigenvalue weighted by atomic mass is 32.2. The minimum Gasteiger partial charge on any atom is -0.416 e. The Morgan fingerprint density at radius 1 is 1.25 bits per heavy atom. The molecule has 0 amide bonds. The van der Waals surface area contributed by atoms with Gasteiger partial charge in [-0.3, -0.25) is 4.79 Å². The Balaban J connectivity index is 1.59. The van der Waals surface area contributed by atoms with Crippen molar-refractivity contribution in [2.45, 2.75) is 56.4 Å². The van der Waals surface area contributed by atoms with Crippen LogP contribution in [0.3, 0.4) is 0 Å². The number of thioether (sulfide) groups is 1. The highest BCUT2D eigenvalue weighted by molar-refractivity contribution is 8.00. The van der Waals surface area contributed by atoms with E-state index >= 15 is 0 Å². The zero-order valence-corrected chi connectivity index (χ0v) is 18.3.